The molecule has 0 aromatic heterocycles. The first kappa shape index (κ1) is 47.2. The number of thioether (sulfide) groups is 1. The van der Waals surface area contributed by atoms with Crippen molar-refractivity contribution in [1.29, 1.82) is 0 Å². The molecule has 2 aliphatic heterocycles. The molecule has 2 fully saturated rings. The zero-order valence-electron chi connectivity index (χ0n) is 30.7. The molecule has 310 valence electrons. The first-order chi connectivity index (χ1) is 26.3. The Morgan fingerprint density at radius 2 is 1.48 bits per heavy atom. The molecule has 7 amide bonds. The molecule has 56 heavy (non-hydrogen) atoms. The molecular weight excluding hydrogens is 776 g/mol. The second kappa shape index (κ2) is 24.5. The number of carboxylic acids is 1. The lowest BCUT2D eigenvalue weighted by Gasteiger charge is -2.26. The molecule has 0 bridgehead atoms. The number of guanidine groups is 1. The van der Waals surface area contributed by atoms with E-state index >= 15 is 0 Å². The lowest BCUT2D eigenvalue weighted by Crippen LogP contribution is -2.59. The Bertz CT molecular complexity index is 1570. The summed E-state index contributed by atoms with van der Waals surface area (Å²) in [5, 5.41) is 21.0. The number of nitrogens with zero attached hydrogens (tertiary/aromatic N) is 2. The van der Waals surface area contributed by atoms with E-state index in [-0.39, 0.29) is 68.8 Å². The monoisotopic (exact) mass is 826 g/mol. The Morgan fingerprint density at radius 3 is 2.16 bits per heavy atom. The summed E-state index contributed by atoms with van der Waals surface area (Å²) in [5.74, 6) is -1.96. The average Bonchev–Trinajstić information content (AvgIpc) is 3.41. The number of hydrogen-bond donors (Lipinski definition) is 9. The number of nitrogens with two attached hydrogens (primary N) is 3. The molecular formula is C34H51ClN10O10S. The first-order valence-electron chi connectivity index (χ1n) is 17.9. The molecule has 3 rings (SSSR count). The fraction of sp³-hybridized carbons (Fsp3) is 0.559. The summed E-state index contributed by atoms with van der Waals surface area (Å²) in [7, 11) is 0. The fourth-order valence-corrected chi connectivity index (χ4v) is 6.98. The van der Waals surface area contributed by atoms with Crippen molar-refractivity contribution in [3.63, 3.8) is 0 Å². The highest BCUT2D eigenvalue weighted by molar-refractivity contribution is 8.00. The third-order valence-electron chi connectivity index (χ3n) is 8.64. The van der Waals surface area contributed by atoms with Gasteiger partial charge in [0, 0.05) is 31.7 Å². The minimum atomic E-state index is -1.63. The molecule has 1 aromatic carbocycles. The van der Waals surface area contributed by atoms with Crippen LogP contribution in [0, 0.1) is 0 Å². The van der Waals surface area contributed by atoms with Crippen LogP contribution in [0.3, 0.4) is 0 Å². The van der Waals surface area contributed by atoms with E-state index in [2.05, 4.69) is 36.4 Å². The van der Waals surface area contributed by atoms with Crippen molar-refractivity contribution in [3.05, 3.63) is 35.9 Å². The molecule has 1 unspecified atom stereocenters. The van der Waals surface area contributed by atoms with E-state index in [1.54, 1.807) is 30.3 Å². The van der Waals surface area contributed by atoms with Crippen LogP contribution in [0.2, 0.25) is 0 Å². The SMILES string of the molecule is Cl.NOCCCCCCN1C(=O)CC(SC[C@@H]2NC(=O)[C@@H](Cc3ccccc3)NC(=O)[C@H](CC(=O)O)NC(=O)CNC(=O)[C@H](CCCN=C(N)N)NC2=O)C1=O. The number of benzene rings is 1. The molecule has 20 nitrogen and oxygen atoms in total. The van der Waals surface area contributed by atoms with Crippen molar-refractivity contribution >= 4 is 77.4 Å². The maximum absolute atomic E-state index is 14.0. The molecule has 0 saturated carbocycles. The van der Waals surface area contributed by atoms with Gasteiger partial charge in [-0.05, 0) is 31.2 Å². The van der Waals surface area contributed by atoms with E-state index in [0.717, 1.165) is 31.0 Å². The summed E-state index contributed by atoms with van der Waals surface area (Å²) in [4.78, 5) is 115. The zero-order chi connectivity index (χ0) is 40.3. The van der Waals surface area contributed by atoms with Gasteiger partial charge in [0.15, 0.2) is 5.96 Å². The third kappa shape index (κ3) is 16.0. The number of halogens is 1. The maximum atomic E-state index is 14.0. The van der Waals surface area contributed by atoms with E-state index < -0.39 is 83.8 Å². The van der Waals surface area contributed by atoms with Crippen molar-refractivity contribution in [3.8, 4) is 0 Å². The van der Waals surface area contributed by atoms with Gasteiger partial charge in [-0.3, -0.25) is 48.2 Å². The van der Waals surface area contributed by atoms with Gasteiger partial charge in [-0.25, -0.2) is 5.90 Å². The molecule has 5 atom stereocenters. The van der Waals surface area contributed by atoms with Crippen LogP contribution >= 0.6 is 24.2 Å². The van der Waals surface area contributed by atoms with Crippen molar-refractivity contribution < 1.29 is 48.3 Å². The van der Waals surface area contributed by atoms with Gasteiger partial charge in [0.1, 0.15) is 24.2 Å². The Hall–Kier alpha value is -4.99. The van der Waals surface area contributed by atoms with E-state index in [4.69, 9.17) is 17.4 Å². The van der Waals surface area contributed by atoms with Crippen LogP contribution in [0.25, 0.3) is 0 Å². The van der Waals surface area contributed by atoms with Gasteiger partial charge in [-0.1, -0.05) is 43.2 Å². The molecule has 0 spiro atoms. The highest BCUT2D eigenvalue weighted by Gasteiger charge is 2.40. The smallest absolute Gasteiger partial charge is 0.305 e. The standard InChI is InChI=1S/C34H50N10O10S.ClH/c35-34(36)38-12-8-11-21-29(49)39-18-26(45)40-23(16-28(47)48)31(51)42-22(15-20-9-4-3-5-10-20)30(50)43-24(32(52)41-21)19-55-25-17-27(46)44(33(25)53)13-6-1-2-7-14-54-37;/h3-5,9-10,21-25H,1-2,6-8,11-19,37H2,(H,39,49)(H,40,45)(H,41,52)(H,42,51)(H,43,50)(H,47,48)(H4,35,36,38);1H/t21-,22+,23-,24-,25?;/m0./s1. The van der Waals surface area contributed by atoms with Gasteiger partial charge < -0.3 is 48.0 Å². The lowest BCUT2D eigenvalue weighted by molar-refractivity contribution is -0.141. The number of hydrogen-bond acceptors (Lipinski definition) is 12. The third-order valence-corrected chi connectivity index (χ3v) is 9.94. The second-order valence-electron chi connectivity index (χ2n) is 13.0. The number of rotatable bonds is 18. The molecule has 0 aliphatic carbocycles. The summed E-state index contributed by atoms with van der Waals surface area (Å²) in [6.45, 7) is 0.0383. The van der Waals surface area contributed by atoms with Crippen LogP contribution in [0.5, 0.6) is 0 Å². The summed E-state index contributed by atoms with van der Waals surface area (Å²) in [6.07, 6.45) is 2.00. The van der Waals surface area contributed by atoms with Crippen LogP contribution in [-0.4, -0.2) is 125 Å². The number of nitrogens with one attached hydrogen (secondary N) is 5. The molecule has 1 aromatic rings. The molecule has 2 aliphatic rings. The Morgan fingerprint density at radius 1 is 0.839 bits per heavy atom. The predicted molar refractivity (Wildman–Crippen MR) is 206 cm³/mol. The molecule has 2 heterocycles. The molecule has 0 radical (unpaired) electrons. The van der Waals surface area contributed by atoms with Crippen molar-refractivity contribution in [2.24, 2.45) is 22.4 Å². The van der Waals surface area contributed by atoms with Crippen molar-refractivity contribution in [2.75, 3.05) is 32.0 Å². The maximum Gasteiger partial charge on any atom is 0.305 e. The number of unbranched alkanes of at least 4 members (excludes halogenated alkanes) is 3. The highest BCUT2D eigenvalue weighted by Crippen LogP contribution is 2.26. The molecule has 22 heteroatoms. The van der Waals surface area contributed by atoms with E-state index in [1.807, 2.05) is 0 Å². The summed E-state index contributed by atoms with van der Waals surface area (Å²) in [6, 6.07) is 2.88. The van der Waals surface area contributed by atoms with Crippen molar-refractivity contribution in [1.82, 2.24) is 31.5 Å². The van der Waals surface area contributed by atoms with Crippen LogP contribution in [0.4, 0.5) is 0 Å². The summed E-state index contributed by atoms with van der Waals surface area (Å²) >= 11 is 0.979. The minimum Gasteiger partial charge on any atom is -0.481 e. The van der Waals surface area contributed by atoms with Gasteiger partial charge >= 0.3 is 5.97 Å². The van der Waals surface area contributed by atoms with Gasteiger partial charge in [0.25, 0.3) is 0 Å². The number of imide groups is 1. The van der Waals surface area contributed by atoms with E-state index in [0.29, 0.717) is 18.6 Å². The average molecular weight is 827 g/mol. The topological polar surface area (TPSA) is 320 Å². The number of aliphatic imine (C=N–C) groups is 1. The lowest BCUT2D eigenvalue weighted by atomic mass is 10.0. The normalized spacial score (nSPS) is 22.3. The number of carboxylic acid groups (broad SMARTS) is 1. The van der Waals surface area contributed by atoms with Gasteiger partial charge in [-0.2, -0.15) is 0 Å². The quantitative estimate of drug-likeness (QED) is 0.0244. The highest BCUT2D eigenvalue weighted by atomic mass is 35.5. The van der Waals surface area contributed by atoms with Crippen LogP contribution in [0.1, 0.15) is 56.9 Å². The molecule has 2 saturated heterocycles. The van der Waals surface area contributed by atoms with Gasteiger partial charge in [0.2, 0.25) is 41.4 Å². The number of carbonyl (C=O) groups excluding carboxylic acids is 7. The first-order valence-corrected chi connectivity index (χ1v) is 18.9. The van der Waals surface area contributed by atoms with Gasteiger partial charge in [-0.15, -0.1) is 24.2 Å². The number of amides is 7. The Kier molecular flexibility index (Phi) is 20.6. The van der Waals surface area contributed by atoms with Crippen molar-refractivity contribution in [2.45, 2.75) is 87.2 Å². The van der Waals surface area contributed by atoms with E-state index in [9.17, 15) is 43.5 Å². The Balaban J connectivity index is 0.0000108. The number of carbonyl (C=O) groups is 8. The second-order valence-corrected chi connectivity index (χ2v) is 14.2. The molecule has 12 N–H and O–H groups in total. The minimum absolute atomic E-state index is 0. The number of aliphatic carboxylic acids is 1. The summed E-state index contributed by atoms with van der Waals surface area (Å²) in [5.41, 5.74) is 11.4. The van der Waals surface area contributed by atoms with Crippen LogP contribution in [0.15, 0.2) is 35.3 Å². The predicted octanol–water partition coefficient (Wildman–Crippen LogP) is -2.44. The zero-order valence-corrected chi connectivity index (χ0v) is 32.4. The fourth-order valence-electron chi connectivity index (χ4n) is 5.79. The Labute approximate surface area is 333 Å². The summed E-state index contributed by atoms with van der Waals surface area (Å²) < 4.78 is 0. The van der Waals surface area contributed by atoms with Crippen LogP contribution < -0.4 is 43.9 Å². The van der Waals surface area contributed by atoms with E-state index in [1.165, 1.54) is 4.90 Å². The van der Waals surface area contributed by atoms with Crippen LogP contribution in [-0.2, 0) is 49.6 Å². The van der Waals surface area contributed by atoms with Gasteiger partial charge in [0.05, 0.1) is 24.8 Å². The number of likely N-dealkylation sites (tertiary alicyclic amines) is 1. The largest absolute Gasteiger partial charge is 0.481 e.